The van der Waals surface area contributed by atoms with Gasteiger partial charge in [-0.15, -0.1) is 22.7 Å². The van der Waals surface area contributed by atoms with Crippen LogP contribution in [0.4, 0.5) is 0 Å². The summed E-state index contributed by atoms with van der Waals surface area (Å²) in [5, 5.41) is 22.6. The summed E-state index contributed by atoms with van der Waals surface area (Å²) < 4.78 is 10.8. The van der Waals surface area contributed by atoms with E-state index in [9.17, 15) is 19.8 Å². The van der Waals surface area contributed by atoms with Crippen molar-refractivity contribution < 1.29 is 29.3 Å². The topological polar surface area (TPSA) is 93.1 Å². The largest absolute Gasteiger partial charge is 0.508 e. The Morgan fingerprint density at radius 2 is 1.28 bits per heavy atom. The summed E-state index contributed by atoms with van der Waals surface area (Å²) >= 11 is 3.21. The van der Waals surface area contributed by atoms with Gasteiger partial charge in [-0.3, -0.25) is 9.59 Å². The van der Waals surface area contributed by atoms with E-state index in [-0.39, 0.29) is 40.8 Å². The number of phenolic OH excluding ortho intramolecular Hbond substituents is 1. The minimum absolute atomic E-state index is 0.0157. The maximum Gasteiger partial charge on any atom is 0.306 e. The number of carbonyl (C=O) groups is 2. The van der Waals surface area contributed by atoms with Crippen molar-refractivity contribution in [3.63, 3.8) is 0 Å². The van der Waals surface area contributed by atoms with Gasteiger partial charge in [-0.1, -0.05) is 82.3 Å². The average molecular weight is 711 g/mol. The monoisotopic (exact) mass is 710 g/mol. The lowest BCUT2D eigenvalue weighted by Gasteiger charge is -2.42. The Hall–Kier alpha value is -4.40. The van der Waals surface area contributed by atoms with Crippen LogP contribution in [0.1, 0.15) is 103 Å². The van der Waals surface area contributed by atoms with Gasteiger partial charge >= 0.3 is 11.9 Å². The number of ether oxygens (including phenoxy) is 2. The molecule has 0 saturated carbocycles. The second kappa shape index (κ2) is 16.1. The molecule has 2 N–H and O–H groups in total. The second-order valence-electron chi connectivity index (χ2n) is 14.1. The summed E-state index contributed by atoms with van der Waals surface area (Å²) in [7, 11) is 1.39. The molecule has 2 heterocycles. The van der Waals surface area contributed by atoms with E-state index in [1.807, 2.05) is 71.4 Å². The number of carboxylic acids is 1. The molecule has 50 heavy (non-hydrogen) atoms. The molecule has 0 bridgehead atoms. The zero-order valence-corrected chi connectivity index (χ0v) is 31.0. The molecule has 0 unspecified atom stereocenters. The predicted molar refractivity (Wildman–Crippen MR) is 202 cm³/mol. The molecule has 5 aromatic rings. The molecule has 0 fully saturated rings. The van der Waals surface area contributed by atoms with Gasteiger partial charge in [0.25, 0.3) is 0 Å². The molecule has 0 spiro atoms. The minimum atomic E-state index is -0.790. The van der Waals surface area contributed by atoms with Crippen molar-refractivity contribution in [3.05, 3.63) is 139 Å². The molecule has 262 valence electrons. The van der Waals surface area contributed by atoms with Gasteiger partial charge in [0, 0.05) is 21.6 Å². The van der Waals surface area contributed by atoms with E-state index in [4.69, 9.17) is 9.47 Å². The summed E-state index contributed by atoms with van der Waals surface area (Å²) in [6, 6.07) is 29.5. The number of carboxylic acid groups (broad SMARTS) is 1. The van der Waals surface area contributed by atoms with Gasteiger partial charge in [0.05, 0.1) is 20.0 Å². The smallest absolute Gasteiger partial charge is 0.306 e. The zero-order valence-electron chi connectivity index (χ0n) is 29.3. The van der Waals surface area contributed by atoms with E-state index in [0.29, 0.717) is 13.0 Å². The van der Waals surface area contributed by atoms with Crippen molar-refractivity contribution in [2.24, 2.45) is 0 Å². The van der Waals surface area contributed by atoms with Crippen molar-refractivity contribution in [3.8, 4) is 11.5 Å². The molecule has 0 aliphatic heterocycles. The van der Waals surface area contributed by atoms with Gasteiger partial charge in [0.2, 0.25) is 0 Å². The fourth-order valence-electron chi connectivity index (χ4n) is 6.56. The van der Waals surface area contributed by atoms with Crippen LogP contribution in [0.5, 0.6) is 11.5 Å². The Balaban J connectivity index is 0.000000228. The fourth-order valence-corrected chi connectivity index (χ4v) is 8.27. The molecule has 6 nitrogen and oxygen atoms in total. The Morgan fingerprint density at radius 1 is 0.740 bits per heavy atom. The van der Waals surface area contributed by atoms with Crippen molar-refractivity contribution >= 4 is 34.6 Å². The maximum absolute atomic E-state index is 11.5. The van der Waals surface area contributed by atoms with Gasteiger partial charge in [-0.05, 0) is 98.6 Å². The molecule has 2 aromatic heterocycles. The molecule has 1 aliphatic carbocycles. The quantitative estimate of drug-likeness (QED) is 0.133. The zero-order chi connectivity index (χ0) is 35.9. The Labute approximate surface area is 303 Å². The number of aliphatic carboxylic acids is 1. The van der Waals surface area contributed by atoms with Crippen LogP contribution in [-0.4, -0.2) is 29.3 Å². The van der Waals surface area contributed by atoms with Gasteiger partial charge in [0.15, 0.2) is 0 Å². The SMILES string of the molecule is CC1(C)CCC(C)(C)c2cc(COc3ccc([C@H](CC(=O)O)c4cccs4)cc3)ccc21.COC(=O)C[C@@H](c1ccc(O)cc1)c1cccs1. The lowest BCUT2D eigenvalue weighted by atomic mass is 9.63. The van der Waals surface area contributed by atoms with Crippen LogP contribution in [0.3, 0.4) is 0 Å². The normalized spacial score (nSPS) is 15.5. The van der Waals surface area contributed by atoms with Crippen LogP contribution in [-0.2, 0) is 31.8 Å². The van der Waals surface area contributed by atoms with Crippen LogP contribution < -0.4 is 4.74 Å². The van der Waals surface area contributed by atoms with E-state index in [2.05, 4.69) is 45.9 Å². The second-order valence-corrected chi connectivity index (χ2v) is 16.1. The summed E-state index contributed by atoms with van der Waals surface area (Å²) in [4.78, 5) is 25.0. The number of esters is 1. The van der Waals surface area contributed by atoms with Crippen LogP contribution in [0, 0.1) is 0 Å². The first-order chi connectivity index (χ1) is 23.9. The number of methoxy groups -OCH3 is 1. The maximum atomic E-state index is 11.5. The lowest BCUT2D eigenvalue weighted by molar-refractivity contribution is -0.141. The number of carbonyl (C=O) groups excluding carboxylic acids is 1. The first-order valence-corrected chi connectivity index (χ1v) is 18.6. The van der Waals surface area contributed by atoms with E-state index in [0.717, 1.165) is 26.6 Å². The van der Waals surface area contributed by atoms with Crippen LogP contribution in [0.2, 0.25) is 0 Å². The minimum Gasteiger partial charge on any atom is -0.508 e. The van der Waals surface area contributed by atoms with Gasteiger partial charge in [-0.25, -0.2) is 0 Å². The van der Waals surface area contributed by atoms with Crippen molar-refractivity contribution in [1.82, 2.24) is 0 Å². The Bertz CT molecular complexity index is 1840. The number of fused-ring (bicyclic) bond motifs is 1. The number of thiophene rings is 2. The van der Waals surface area contributed by atoms with E-state index < -0.39 is 5.97 Å². The molecular formula is C42H46O6S2. The number of benzene rings is 3. The summed E-state index contributed by atoms with van der Waals surface area (Å²) in [5.41, 5.74) is 6.48. The van der Waals surface area contributed by atoms with Crippen LogP contribution in [0.15, 0.2) is 102 Å². The van der Waals surface area contributed by atoms with E-state index >= 15 is 0 Å². The highest BCUT2D eigenvalue weighted by Gasteiger charge is 2.37. The third-order valence-corrected chi connectivity index (χ3v) is 11.6. The van der Waals surface area contributed by atoms with Gasteiger partial charge in [-0.2, -0.15) is 0 Å². The first kappa shape index (κ1) is 36.9. The highest BCUT2D eigenvalue weighted by molar-refractivity contribution is 7.10. The standard InChI is InChI=1S/C28H32O3S.C14H14O3S/c1-27(2)13-14-28(3,4)24-16-19(7-12-23(24)27)18-31-21-10-8-20(9-11-21)22(17-26(29)30)25-6-5-15-32-25;1-17-14(16)9-12(13-3-2-8-18-13)10-4-6-11(15)7-5-10/h5-12,15-16,22H,13-14,17-18H2,1-4H3,(H,29,30);2-8,12,15H,9H2,1H3/t22-;12-/m00/s1. The highest BCUT2D eigenvalue weighted by Crippen LogP contribution is 2.46. The lowest BCUT2D eigenvalue weighted by Crippen LogP contribution is -2.33. The molecule has 0 saturated heterocycles. The number of hydrogen-bond acceptors (Lipinski definition) is 7. The Morgan fingerprint density at radius 3 is 1.80 bits per heavy atom. The number of hydrogen-bond donors (Lipinski definition) is 2. The number of rotatable bonds is 11. The predicted octanol–water partition coefficient (Wildman–Crippen LogP) is 10.4. The van der Waals surface area contributed by atoms with Crippen LogP contribution in [0.25, 0.3) is 0 Å². The van der Waals surface area contributed by atoms with Crippen molar-refractivity contribution in [2.75, 3.05) is 7.11 Å². The highest BCUT2D eigenvalue weighted by atomic mass is 32.1. The molecule has 2 atom stereocenters. The average Bonchev–Trinajstić information content (AvgIpc) is 3.84. The molecule has 6 rings (SSSR count). The molecule has 8 heteroatoms. The molecule has 3 aromatic carbocycles. The molecule has 0 radical (unpaired) electrons. The summed E-state index contributed by atoms with van der Waals surface area (Å²) in [6.45, 7) is 9.88. The van der Waals surface area contributed by atoms with E-state index in [1.54, 1.807) is 34.8 Å². The van der Waals surface area contributed by atoms with E-state index in [1.165, 1.54) is 36.6 Å². The molecule has 0 amide bonds. The third-order valence-electron chi connectivity index (χ3n) is 9.65. The first-order valence-electron chi connectivity index (χ1n) is 16.9. The van der Waals surface area contributed by atoms with Gasteiger partial charge in [0.1, 0.15) is 18.1 Å². The van der Waals surface area contributed by atoms with Crippen LogP contribution >= 0.6 is 22.7 Å². The van der Waals surface area contributed by atoms with Gasteiger partial charge < -0.3 is 19.7 Å². The summed E-state index contributed by atoms with van der Waals surface area (Å²) in [5.74, 6) is -0.150. The Kier molecular flexibility index (Phi) is 11.9. The van der Waals surface area contributed by atoms with Crippen molar-refractivity contribution in [2.45, 2.75) is 82.7 Å². The molecular weight excluding hydrogens is 665 g/mol. The molecule has 1 aliphatic rings. The number of phenols is 1. The number of aromatic hydroxyl groups is 1. The fraction of sp³-hybridized carbons (Fsp3) is 0.333. The summed E-state index contributed by atoms with van der Waals surface area (Å²) in [6.07, 6.45) is 2.80. The van der Waals surface area contributed by atoms with Crippen molar-refractivity contribution in [1.29, 1.82) is 0 Å². The third kappa shape index (κ3) is 9.23.